The molecule has 0 N–H and O–H groups in total. The Kier molecular flexibility index (Phi) is 2.57. The van der Waals surface area contributed by atoms with E-state index in [4.69, 9.17) is 0 Å². The van der Waals surface area contributed by atoms with Crippen molar-refractivity contribution in [2.75, 3.05) is 0 Å². The van der Waals surface area contributed by atoms with E-state index in [-0.39, 0.29) is 0 Å². The first-order valence-electron chi connectivity index (χ1n) is 5.71. The molecule has 72 valence electrons. The van der Waals surface area contributed by atoms with Crippen LogP contribution in [-0.2, 0) is 0 Å². The Morgan fingerprint density at radius 1 is 1.46 bits per heavy atom. The minimum absolute atomic E-state index is 0.797. The molecule has 2 aliphatic rings. The molecule has 0 nitrogen and oxygen atoms in total. The lowest BCUT2D eigenvalue weighted by molar-refractivity contribution is 0.268. The average molecular weight is 176 g/mol. The lowest BCUT2D eigenvalue weighted by Crippen LogP contribution is -2.26. The lowest BCUT2D eigenvalue weighted by Gasteiger charge is -2.36. The van der Waals surface area contributed by atoms with E-state index in [9.17, 15) is 0 Å². The van der Waals surface area contributed by atoms with Gasteiger partial charge in [0, 0.05) is 0 Å². The summed E-state index contributed by atoms with van der Waals surface area (Å²) in [6, 6.07) is 0. The van der Waals surface area contributed by atoms with Crippen molar-refractivity contribution in [2.24, 2.45) is 17.8 Å². The summed E-state index contributed by atoms with van der Waals surface area (Å²) in [5, 5.41) is 0. The van der Waals surface area contributed by atoms with Gasteiger partial charge in [0.2, 0.25) is 0 Å². The summed E-state index contributed by atoms with van der Waals surface area (Å²) >= 11 is 0. The fourth-order valence-electron chi connectivity index (χ4n) is 3.01. The van der Waals surface area contributed by atoms with E-state index in [0.29, 0.717) is 0 Å². The molecule has 0 spiro atoms. The second-order valence-corrected chi connectivity index (χ2v) is 4.53. The normalized spacial score (nSPS) is 38.3. The highest BCUT2D eigenvalue weighted by atomic mass is 14.3. The quantitative estimate of drug-likeness (QED) is 0.567. The van der Waals surface area contributed by atoms with Gasteiger partial charge in [-0.2, -0.15) is 0 Å². The van der Waals surface area contributed by atoms with E-state index in [2.05, 4.69) is 32.1 Å². The van der Waals surface area contributed by atoms with Crippen molar-refractivity contribution in [3.05, 3.63) is 23.8 Å². The molecule has 0 heterocycles. The van der Waals surface area contributed by atoms with Crippen molar-refractivity contribution in [3.8, 4) is 0 Å². The smallest absolute Gasteiger partial charge is 0.0131 e. The number of allylic oxidation sites excluding steroid dienone is 4. The van der Waals surface area contributed by atoms with E-state index >= 15 is 0 Å². The van der Waals surface area contributed by atoms with E-state index < -0.39 is 0 Å². The van der Waals surface area contributed by atoms with Gasteiger partial charge in [-0.1, -0.05) is 38.5 Å². The Bertz CT molecular complexity index is 234. The third kappa shape index (κ3) is 1.59. The molecule has 0 unspecified atom stereocenters. The van der Waals surface area contributed by atoms with Gasteiger partial charge in [0.05, 0.1) is 0 Å². The maximum atomic E-state index is 2.46. The molecule has 0 radical (unpaired) electrons. The third-order valence-electron chi connectivity index (χ3n) is 3.78. The number of rotatable bonds is 1. The minimum atomic E-state index is 0.797. The summed E-state index contributed by atoms with van der Waals surface area (Å²) in [6.45, 7) is 4.71. The molecular weight excluding hydrogens is 156 g/mol. The topological polar surface area (TPSA) is 0 Å². The molecule has 0 aromatic carbocycles. The van der Waals surface area contributed by atoms with Gasteiger partial charge in [-0.05, 0) is 42.6 Å². The molecule has 0 saturated carbocycles. The van der Waals surface area contributed by atoms with Crippen LogP contribution in [0, 0.1) is 17.8 Å². The summed E-state index contributed by atoms with van der Waals surface area (Å²) in [5.74, 6) is 2.60. The average Bonchev–Trinajstić information content (AvgIpc) is 2.18. The van der Waals surface area contributed by atoms with Crippen molar-refractivity contribution < 1.29 is 0 Å². The molecule has 13 heavy (non-hydrogen) atoms. The molecule has 0 aromatic rings. The van der Waals surface area contributed by atoms with Crippen LogP contribution in [0.1, 0.15) is 39.5 Å². The Morgan fingerprint density at radius 3 is 3.08 bits per heavy atom. The fourth-order valence-corrected chi connectivity index (χ4v) is 3.01. The first-order valence-corrected chi connectivity index (χ1v) is 5.71. The van der Waals surface area contributed by atoms with Crippen LogP contribution < -0.4 is 0 Å². The first kappa shape index (κ1) is 9.05. The SMILES string of the molecule is CC[C@H]1[C@@H](C)C=CC2=CCCC[C@@H]21. The zero-order valence-electron chi connectivity index (χ0n) is 8.79. The largest absolute Gasteiger partial charge is 0.0811 e. The standard InChI is InChI=1S/C13H20/c1-3-12-10(2)8-9-11-6-4-5-7-13(11)12/h6,8-10,12-13H,3-5,7H2,1-2H3/t10-,12-,13-/m0/s1. The number of hydrogen-bond donors (Lipinski definition) is 0. The predicted molar refractivity (Wildman–Crippen MR) is 57.5 cm³/mol. The second kappa shape index (κ2) is 3.69. The lowest BCUT2D eigenvalue weighted by atomic mass is 9.69. The van der Waals surface area contributed by atoms with Crippen LogP contribution in [0.3, 0.4) is 0 Å². The Hall–Kier alpha value is -0.520. The van der Waals surface area contributed by atoms with Gasteiger partial charge in [0.25, 0.3) is 0 Å². The Labute approximate surface area is 81.7 Å². The summed E-state index contributed by atoms with van der Waals surface area (Å²) in [7, 11) is 0. The molecule has 0 heteroatoms. The molecule has 0 fully saturated rings. The summed E-state index contributed by atoms with van der Waals surface area (Å²) in [5.41, 5.74) is 1.64. The molecular formula is C13H20. The molecule has 0 amide bonds. The monoisotopic (exact) mass is 176 g/mol. The Balaban J connectivity index is 2.25. The highest BCUT2D eigenvalue weighted by Gasteiger charge is 2.30. The zero-order chi connectivity index (χ0) is 9.26. The third-order valence-corrected chi connectivity index (χ3v) is 3.78. The molecule has 0 saturated heterocycles. The molecule has 0 aliphatic heterocycles. The molecule has 2 aliphatic carbocycles. The van der Waals surface area contributed by atoms with Gasteiger partial charge >= 0.3 is 0 Å². The summed E-state index contributed by atoms with van der Waals surface area (Å²) in [4.78, 5) is 0. The Morgan fingerprint density at radius 2 is 2.31 bits per heavy atom. The van der Waals surface area contributed by atoms with Crippen LogP contribution in [0.25, 0.3) is 0 Å². The van der Waals surface area contributed by atoms with Crippen molar-refractivity contribution in [2.45, 2.75) is 39.5 Å². The van der Waals surface area contributed by atoms with Crippen molar-refractivity contribution >= 4 is 0 Å². The van der Waals surface area contributed by atoms with Crippen molar-refractivity contribution in [3.63, 3.8) is 0 Å². The molecule has 0 aromatic heterocycles. The van der Waals surface area contributed by atoms with Gasteiger partial charge in [-0.3, -0.25) is 0 Å². The van der Waals surface area contributed by atoms with Gasteiger partial charge in [-0.25, -0.2) is 0 Å². The van der Waals surface area contributed by atoms with Crippen molar-refractivity contribution in [1.29, 1.82) is 0 Å². The highest BCUT2D eigenvalue weighted by molar-refractivity contribution is 5.28. The summed E-state index contributed by atoms with van der Waals surface area (Å²) < 4.78 is 0. The van der Waals surface area contributed by atoms with Crippen LogP contribution in [0.4, 0.5) is 0 Å². The van der Waals surface area contributed by atoms with Gasteiger partial charge in [-0.15, -0.1) is 0 Å². The van der Waals surface area contributed by atoms with Crippen LogP contribution in [-0.4, -0.2) is 0 Å². The van der Waals surface area contributed by atoms with Crippen LogP contribution in [0.2, 0.25) is 0 Å². The van der Waals surface area contributed by atoms with E-state index in [1.807, 2.05) is 0 Å². The van der Waals surface area contributed by atoms with Crippen LogP contribution >= 0.6 is 0 Å². The predicted octanol–water partition coefficient (Wildman–Crippen LogP) is 3.95. The van der Waals surface area contributed by atoms with Gasteiger partial charge < -0.3 is 0 Å². The maximum Gasteiger partial charge on any atom is -0.0131 e. The van der Waals surface area contributed by atoms with Gasteiger partial charge in [0.15, 0.2) is 0 Å². The summed E-state index contributed by atoms with van der Waals surface area (Å²) in [6.07, 6.45) is 12.7. The zero-order valence-corrected chi connectivity index (χ0v) is 8.79. The fraction of sp³-hybridized carbons (Fsp3) is 0.692. The number of fused-ring (bicyclic) bond motifs is 1. The molecule has 0 bridgehead atoms. The van der Waals surface area contributed by atoms with Crippen LogP contribution in [0.15, 0.2) is 23.8 Å². The maximum absolute atomic E-state index is 2.46. The highest BCUT2D eigenvalue weighted by Crippen LogP contribution is 2.41. The van der Waals surface area contributed by atoms with E-state index in [1.165, 1.54) is 25.7 Å². The number of hydrogen-bond acceptors (Lipinski definition) is 0. The van der Waals surface area contributed by atoms with Crippen LogP contribution in [0.5, 0.6) is 0 Å². The first-order chi connectivity index (χ1) is 6.33. The minimum Gasteiger partial charge on any atom is -0.0811 e. The van der Waals surface area contributed by atoms with Crippen molar-refractivity contribution in [1.82, 2.24) is 0 Å². The van der Waals surface area contributed by atoms with E-state index in [1.54, 1.807) is 5.57 Å². The van der Waals surface area contributed by atoms with Gasteiger partial charge in [0.1, 0.15) is 0 Å². The van der Waals surface area contributed by atoms with E-state index in [0.717, 1.165) is 17.8 Å². The molecule has 3 atom stereocenters. The second-order valence-electron chi connectivity index (χ2n) is 4.53. The molecule has 2 rings (SSSR count).